The molecule has 0 aliphatic carbocycles. The second kappa shape index (κ2) is 7.91. The molecule has 1 atom stereocenters. The highest BCUT2D eigenvalue weighted by Gasteiger charge is 2.13. The number of halogens is 1. The minimum absolute atomic E-state index is 0.509. The van der Waals surface area contributed by atoms with Gasteiger partial charge in [0.15, 0.2) is 0 Å². The lowest BCUT2D eigenvalue weighted by molar-refractivity contribution is 0.579. The Morgan fingerprint density at radius 1 is 1.30 bits per heavy atom. The topological polar surface area (TPSA) is 24.9 Å². The van der Waals surface area contributed by atoms with E-state index in [1.165, 1.54) is 16.9 Å². The van der Waals surface area contributed by atoms with Crippen molar-refractivity contribution in [2.75, 3.05) is 13.1 Å². The Balaban J connectivity index is 2.09. The fourth-order valence-corrected chi connectivity index (χ4v) is 3.38. The smallest absolute Gasteiger partial charge is 0.0896 e. The van der Waals surface area contributed by atoms with E-state index in [2.05, 4.69) is 64.3 Å². The van der Waals surface area contributed by atoms with Crippen molar-refractivity contribution in [1.29, 1.82) is 0 Å². The van der Waals surface area contributed by atoms with E-state index in [1.54, 1.807) is 11.3 Å². The molecule has 1 N–H and O–H groups in total. The molecule has 0 saturated carbocycles. The number of hydrogen-bond acceptors (Lipinski definition) is 3. The molecule has 0 aliphatic rings. The molecule has 0 saturated heterocycles. The van der Waals surface area contributed by atoms with Crippen LogP contribution in [0.25, 0.3) is 0 Å². The van der Waals surface area contributed by atoms with Gasteiger partial charge in [0.1, 0.15) is 0 Å². The van der Waals surface area contributed by atoms with Crippen molar-refractivity contribution in [3.8, 4) is 0 Å². The predicted octanol–water partition coefficient (Wildman–Crippen LogP) is 4.54. The second-order valence-corrected chi connectivity index (χ2v) is 7.24. The van der Waals surface area contributed by atoms with Crippen molar-refractivity contribution in [2.24, 2.45) is 0 Å². The molecule has 0 bridgehead atoms. The molecule has 0 radical (unpaired) electrons. The highest BCUT2D eigenvalue weighted by Crippen LogP contribution is 2.25. The number of benzene rings is 1. The second-order valence-electron chi connectivity index (χ2n) is 5.00. The third-order valence-corrected chi connectivity index (χ3v) is 4.74. The molecule has 2 rings (SSSR count). The Labute approximate surface area is 133 Å². The summed E-state index contributed by atoms with van der Waals surface area (Å²) in [4.78, 5) is 5.73. The summed E-state index contributed by atoms with van der Waals surface area (Å²) in [6, 6.07) is 8.69. The van der Waals surface area contributed by atoms with Crippen molar-refractivity contribution in [3.05, 3.63) is 50.4 Å². The first-order chi connectivity index (χ1) is 9.69. The van der Waals surface area contributed by atoms with Crippen molar-refractivity contribution in [2.45, 2.75) is 32.6 Å². The summed E-state index contributed by atoms with van der Waals surface area (Å²) in [7, 11) is 0. The van der Waals surface area contributed by atoms with E-state index in [9.17, 15) is 0 Å². The van der Waals surface area contributed by atoms with Gasteiger partial charge in [-0.25, -0.2) is 4.98 Å². The van der Waals surface area contributed by atoms with E-state index in [1.807, 2.05) is 6.20 Å². The number of nitrogens with zero attached hydrogens (tertiary/aromatic N) is 1. The fraction of sp³-hybridized carbons (Fsp3) is 0.438. The van der Waals surface area contributed by atoms with Gasteiger partial charge in [-0.05, 0) is 44.0 Å². The molecule has 1 unspecified atom stereocenters. The van der Waals surface area contributed by atoms with Gasteiger partial charge < -0.3 is 5.32 Å². The van der Waals surface area contributed by atoms with Gasteiger partial charge in [0.05, 0.1) is 5.01 Å². The molecule has 0 spiro atoms. The summed E-state index contributed by atoms with van der Waals surface area (Å²) >= 11 is 5.31. The van der Waals surface area contributed by atoms with Gasteiger partial charge in [-0.15, -0.1) is 11.3 Å². The van der Waals surface area contributed by atoms with E-state index >= 15 is 0 Å². The average molecular weight is 353 g/mol. The van der Waals surface area contributed by atoms with Gasteiger partial charge in [-0.2, -0.15) is 0 Å². The first kappa shape index (κ1) is 15.7. The fourth-order valence-electron chi connectivity index (χ4n) is 2.24. The predicted molar refractivity (Wildman–Crippen MR) is 90.6 cm³/mol. The zero-order valence-corrected chi connectivity index (χ0v) is 14.4. The van der Waals surface area contributed by atoms with E-state index < -0.39 is 0 Å². The van der Waals surface area contributed by atoms with Crippen LogP contribution in [0.1, 0.15) is 34.7 Å². The monoisotopic (exact) mass is 352 g/mol. The van der Waals surface area contributed by atoms with Crippen LogP contribution < -0.4 is 5.32 Å². The molecule has 20 heavy (non-hydrogen) atoms. The maximum atomic E-state index is 4.36. The Morgan fingerprint density at radius 3 is 2.65 bits per heavy atom. The van der Waals surface area contributed by atoms with Crippen LogP contribution in [-0.2, 0) is 6.42 Å². The summed E-state index contributed by atoms with van der Waals surface area (Å²) in [5.74, 6) is 0.509. The minimum Gasteiger partial charge on any atom is -0.316 e. The number of aromatic nitrogens is 1. The van der Waals surface area contributed by atoms with E-state index in [0.717, 1.165) is 29.0 Å². The Bertz CT molecular complexity index is 522. The Morgan fingerprint density at radius 2 is 2.05 bits per heavy atom. The van der Waals surface area contributed by atoms with Gasteiger partial charge in [-0.1, -0.05) is 35.0 Å². The van der Waals surface area contributed by atoms with Crippen LogP contribution >= 0.6 is 27.3 Å². The highest BCUT2D eigenvalue weighted by molar-refractivity contribution is 9.10. The molecule has 1 aromatic carbocycles. The number of rotatable bonds is 7. The molecule has 0 aliphatic heterocycles. The SMILES string of the molecule is CCCNCC(Cc1cnc(C)s1)c1ccc(Br)cc1. The van der Waals surface area contributed by atoms with Crippen LogP contribution in [0.15, 0.2) is 34.9 Å². The molecule has 4 heteroatoms. The first-order valence-electron chi connectivity index (χ1n) is 7.06. The molecule has 2 aromatic rings. The van der Waals surface area contributed by atoms with Gasteiger partial charge in [0.2, 0.25) is 0 Å². The minimum atomic E-state index is 0.509. The lowest BCUT2D eigenvalue weighted by atomic mass is 9.95. The number of thiazole rings is 1. The summed E-state index contributed by atoms with van der Waals surface area (Å²) in [6.07, 6.45) is 4.25. The first-order valence-corrected chi connectivity index (χ1v) is 8.67. The van der Waals surface area contributed by atoms with Crippen LogP contribution in [-0.4, -0.2) is 18.1 Å². The Hall–Kier alpha value is -0.710. The summed E-state index contributed by atoms with van der Waals surface area (Å²) in [6.45, 7) is 6.37. The van der Waals surface area contributed by atoms with Crippen molar-refractivity contribution in [3.63, 3.8) is 0 Å². The van der Waals surface area contributed by atoms with Crippen LogP contribution in [0.3, 0.4) is 0 Å². The molecule has 2 nitrogen and oxygen atoms in total. The zero-order valence-electron chi connectivity index (χ0n) is 12.0. The van der Waals surface area contributed by atoms with Crippen LogP contribution in [0, 0.1) is 6.92 Å². The molecular weight excluding hydrogens is 332 g/mol. The van der Waals surface area contributed by atoms with Crippen molar-refractivity contribution >= 4 is 27.3 Å². The van der Waals surface area contributed by atoms with Crippen LogP contribution in [0.2, 0.25) is 0 Å². The number of hydrogen-bond donors (Lipinski definition) is 1. The largest absolute Gasteiger partial charge is 0.316 e. The summed E-state index contributed by atoms with van der Waals surface area (Å²) in [5, 5.41) is 4.70. The maximum Gasteiger partial charge on any atom is 0.0896 e. The van der Waals surface area contributed by atoms with Gasteiger partial charge in [-0.3, -0.25) is 0 Å². The molecule has 0 amide bonds. The third kappa shape index (κ3) is 4.69. The quantitative estimate of drug-likeness (QED) is 0.739. The molecule has 1 aromatic heterocycles. The summed E-state index contributed by atoms with van der Waals surface area (Å²) < 4.78 is 1.13. The number of aryl methyl sites for hydroxylation is 1. The van der Waals surface area contributed by atoms with Crippen molar-refractivity contribution in [1.82, 2.24) is 10.3 Å². The highest BCUT2D eigenvalue weighted by atomic mass is 79.9. The standard InChI is InChI=1S/C16H21BrN2S/c1-3-8-18-10-14(9-16-11-19-12(2)20-16)13-4-6-15(17)7-5-13/h4-7,11,14,18H,3,8-10H2,1-2H3. The normalized spacial score (nSPS) is 12.6. The van der Waals surface area contributed by atoms with Crippen molar-refractivity contribution < 1.29 is 0 Å². The van der Waals surface area contributed by atoms with E-state index in [-0.39, 0.29) is 0 Å². The molecule has 0 fully saturated rings. The molecule has 1 heterocycles. The lowest BCUT2D eigenvalue weighted by Gasteiger charge is -2.17. The van der Waals surface area contributed by atoms with E-state index in [0.29, 0.717) is 5.92 Å². The van der Waals surface area contributed by atoms with Crippen LogP contribution in [0.5, 0.6) is 0 Å². The lowest BCUT2D eigenvalue weighted by Crippen LogP contribution is -2.23. The van der Waals surface area contributed by atoms with Gasteiger partial charge in [0, 0.05) is 28.0 Å². The maximum absolute atomic E-state index is 4.36. The Kier molecular flexibility index (Phi) is 6.20. The van der Waals surface area contributed by atoms with E-state index in [4.69, 9.17) is 0 Å². The number of nitrogens with one attached hydrogen (secondary N) is 1. The average Bonchev–Trinajstić information content (AvgIpc) is 2.84. The summed E-state index contributed by atoms with van der Waals surface area (Å²) in [5.41, 5.74) is 1.39. The van der Waals surface area contributed by atoms with Gasteiger partial charge in [0.25, 0.3) is 0 Å². The van der Waals surface area contributed by atoms with Gasteiger partial charge >= 0.3 is 0 Å². The molecular formula is C16H21BrN2S. The molecule has 108 valence electrons. The third-order valence-electron chi connectivity index (χ3n) is 3.28. The van der Waals surface area contributed by atoms with Crippen LogP contribution in [0.4, 0.5) is 0 Å². The zero-order chi connectivity index (χ0) is 14.4.